The van der Waals surface area contributed by atoms with Gasteiger partial charge in [-0.1, -0.05) is 18.2 Å². The maximum absolute atomic E-state index is 5.31. The third-order valence-electron chi connectivity index (χ3n) is 5.48. The van der Waals surface area contributed by atoms with E-state index in [4.69, 9.17) is 4.74 Å². The van der Waals surface area contributed by atoms with Gasteiger partial charge in [0.25, 0.3) is 5.78 Å². The van der Waals surface area contributed by atoms with Gasteiger partial charge in [-0.3, -0.25) is 9.88 Å². The molecule has 4 heterocycles. The second-order valence-electron chi connectivity index (χ2n) is 7.32. The van der Waals surface area contributed by atoms with Crippen LogP contribution in [0.5, 0.6) is 5.75 Å². The van der Waals surface area contributed by atoms with Crippen LogP contribution in [0.3, 0.4) is 0 Å². The highest BCUT2D eigenvalue weighted by molar-refractivity contribution is 5.77. The Hall–Kier alpha value is -3.52. The van der Waals surface area contributed by atoms with Gasteiger partial charge in [-0.25, -0.2) is 4.98 Å². The van der Waals surface area contributed by atoms with Crippen molar-refractivity contribution in [3.8, 4) is 16.9 Å². The largest absolute Gasteiger partial charge is 0.497 e. The molecule has 3 aromatic heterocycles. The van der Waals surface area contributed by atoms with Crippen molar-refractivity contribution in [2.75, 3.05) is 38.2 Å². The molecule has 0 spiro atoms. The van der Waals surface area contributed by atoms with Gasteiger partial charge in [0.05, 0.1) is 7.11 Å². The molecule has 8 nitrogen and oxygen atoms in total. The number of piperazine rings is 1. The number of anilines is 1. The van der Waals surface area contributed by atoms with Crippen LogP contribution in [-0.2, 0) is 6.54 Å². The minimum Gasteiger partial charge on any atom is -0.497 e. The zero-order valence-corrected chi connectivity index (χ0v) is 16.8. The molecule has 0 N–H and O–H groups in total. The molecule has 1 aliphatic rings. The Bertz CT molecular complexity index is 1120. The van der Waals surface area contributed by atoms with Crippen LogP contribution in [0.25, 0.3) is 16.9 Å². The number of hydrogen-bond donors (Lipinski definition) is 0. The van der Waals surface area contributed by atoms with Gasteiger partial charge in [-0.2, -0.15) is 14.6 Å². The first-order valence-corrected chi connectivity index (χ1v) is 10.0. The van der Waals surface area contributed by atoms with Crippen molar-refractivity contribution in [1.29, 1.82) is 0 Å². The Morgan fingerprint density at radius 2 is 1.80 bits per heavy atom. The van der Waals surface area contributed by atoms with E-state index in [1.807, 2.05) is 41.3 Å². The zero-order valence-electron chi connectivity index (χ0n) is 16.8. The summed E-state index contributed by atoms with van der Waals surface area (Å²) < 4.78 is 7.15. The van der Waals surface area contributed by atoms with Crippen LogP contribution in [0.1, 0.15) is 5.56 Å². The number of methoxy groups -OCH3 is 1. The Kier molecular flexibility index (Phi) is 4.98. The van der Waals surface area contributed by atoms with E-state index in [9.17, 15) is 0 Å². The van der Waals surface area contributed by atoms with Crippen molar-refractivity contribution in [3.05, 3.63) is 66.9 Å². The lowest BCUT2D eigenvalue weighted by Gasteiger charge is -2.36. The molecule has 1 fully saturated rings. The fraction of sp³-hybridized carbons (Fsp3) is 0.273. The van der Waals surface area contributed by atoms with Crippen molar-refractivity contribution in [1.82, 2.24) is 29.5 Å². The number of nitrogens with zero attached hydrogens (tertiary/aromatic N) is 7. The second-order valence-corrected chi connectivity index (χ2v) is 7.32. The topological polar surface area (TPSA) is 71.7 Å². The van der Waals surface area contributed by atoms with Crippen molar-refractivity contribution in [2.45, 2.75) is 6.54 Å². The molecule has 8 heteroatoms. The molecule has 1 aliphatic heterocycles. The predicted octanol–water partition coefficient (Wildman–Crippen LogP) is 2.52. The maximum Gasteiger partial charge on any atom is 0.254 e. The molecule has 152 valence electrons. The van der Waals surface area contributed by atoms with Gasteiger partial charge in [-0.05, 0) is 29.3 Å². The Balaban J connectivity index is 1.43. The normalized spacial score (nSPS) is 14.9. The van der Waals surface area contributed by atoms with Crippen LogP contribution in [0.2, 0.25) is 0 Å². The van der Waals surface area contributed by atoms with Crippen molar-refractivity contribution < 1.29 is 4.74 Å². The molecule has 5 rings (SSSR count). The molecule has 4 aromatic rings. The monoisotopic (exact) mass is 401 g/mol. The van der Waals surface area contributed by atoms with Crippen LogP contribution >= 0.6 is 0 Å². The van der Waals surface area contributed by atoms with E-state index >= 15 is 0 Å². The minimum atomic E-state index is 0.611. The molecular formula is C22H23N7O. The molecule has 1 aromatic carbocycles. The standard InChI is InChI=1S/C22H23N7O/c1-30-19-6-4-18(5-7-19)20-14-24-22-25-16-26-29(22)21(20)28-11-9-27(10-12-28)15-17-3-2-8-23-13-17/h2-8,13-14,16H,9-12,15H2,1H3. The number of benzene rings is 1. The zero-order chi connectivity index (χ0) is 20.3. The third-order valence-corrected chi connectivity index (χ3v) is 5.48. The number of fused-ring (bicyclic) bond motifs is 1. The van der Waals surface area contributed by atoms with Crippen molar-refractivity contribution >= 4 is 11.6 Å². The lowest BCUT2D eigenvalue weighted by Crippen LogP contribution is -2.46. The molecule has 0 radical (unpaired) electrons. The molecule has 0 aliphatic carbocycles. The average molecular weight is 401 g/mol. The van der Waals surface area contributed by atoms with Gasteiger partial charge in [0.1, 0.15) is 17.9 Å². The van der Waals surface area contributed by atoms with E-state index in [1.165, 1.54) is 5.56 Å². The van der Waals surface area contributed by atoms with Crippen molar-refractivity contribution in [3.63, 3.8) is 0 Å². The summed E-state index contributed by atoms with van der Waals surface area (Å²) in [5.74, 6) is 2.47. The summed E-state index contributed by atoms with van der Waals surface area (Å²) in [6, 6.07) is 12.2. The number of ether oxygens (including phenoxy) is 1. The lowest BCUT2D eigenvalue weighted by molar-refractivity contribution is 0.249. The van der Waals surface area contributed by atoms with E-state index in [0.29, 0.717) is 5.78 Å². The summed E-state index contributed by atoms with van der Waals surface area (Å²) in [5.41, 5.74) is 3.36. The lowest BCUT2D eigenvalue weighted by atomic mass is 10.1. The van der Waals surface area contributed by atoms with Gasteiger partial charge >= 0.3 is 0 Å². The molecular weight excluding hydrogens is 378 g/mol. The van der Waals surface area contributed by atoms with E-state index in [-0.39, 0.29) is 0 Å². The van der Waals surface area contributed by atoms with Crippen LogP contribution < -0.4 is 9.64 Å². The number of hydrogen-bond acceptors (Lipinski definition) is 7. The van der Waals surface area contributed by atoms with Crippen LogP contribution in [0.15, 0.2) is 61.3 Å². The summed E-state index contributed by atoms with van der Waals surface area (Å²) >= 11 is 0. The molecule has 0 unspecified atom stereocenters. The maximum atomic E-state index is 5.31. The van der Waals surface area contributed by atoms with Crippen molar-refractivity contribution in [2.24, 2.45) is 0 Å². The second kappa shape index (κ2) is 8.08. The van der Waals surface area contributed by atoms with E-state index in [0.717, 1.165) is 55.4 Å². The van der Waals surface area contributed by atoms with Crippen LogP contribution in [0.4, 0.5) is 5.82 Å². The average Bonchev–Trinajstić information content (AvgIpc) is 3.29. The first kappa shape index (κ1) is 18.5. The van der Waals surface area contributed by atoms with Gasteiger partial charge in [0.15, 0.2) is 0 Å². The fourth-order valence-corrected chi connectivity index (χ4v) is 3.91. The first-order valence-electron chi connectivity index (χ1n) is 10.0. The van der Waals surface area contributed by atoms with Gasteiger partial charge in [0, 0.05) is 56.9 Å². The fourth-order valence-electron chi connectivity index (χ4n) is 3.91. The Labute approximate surface area is 174 Å². The SMILES string of the molecule is COc1ccc(-c2cnc3ncnn3c2N2CCN(Cc3cccnc3)CC2)cc1. The Morgan fingerprint density at radius 1 is 0.967 bits per heavy atom. The summed E-state index contributed by atoms with van der Waals surface area (Å²) in [4.78, 5) is 17.8. The van der Waals surface area contributed by atoms with E-state index in [2.05, 4.69) is 48.0 Å². The highest BCUT2D eigenvalue weighted by Crippen LogP contribution is 2.32. The number of rotatable bonds is 5. The molecule has 0 saturated carbocycles. The first-order chi connectivity index (χ1) is 14.8. The van der Waals surface area contributed by atoms with Gasteiger partial charge in [-0.15, -0.1) is 0 Å². The molecule has 1 saturated heterocycles. The number of aromatic nitrogens is 5. The van der Waals surface area contributed by atoms with Gasteiger partial charge < -0.3 is 9.64 Å². The summed E-state index contributed by atoms with van der Waals surface area (Å²) in [7, 11) is 1.68. The van der Waals surface area contributed by atoms with E-state index in [1.54, 1.807) is 13.4 Å². The predicted molar refractivity (Wildman–Crippen MR) is 114 cm³/mol. The summed E-state index contributed by atoms with van der Waals surface area (Å²) in [5, 5.41) is 4.46. The summed E-state index contributed by atoms with van der Waals surface area (Å²) in [6.07, 6.45) is 7.20. The number of pyridine rings is 1. The Morgan fingerprint density at radius 3 is 2.53 bits per heavy atom. The van der Waals surface area contributed by atoms with Gasteiger partial charge in [0.2, 0.25) is 0 Å². The third kappa shape index (κ3) is 3.57. The molecule has 0 atom stereocenters. The molecule has 0 bridgehead atoms. The van der Waals surface area contributed by atoms with Crippen LogP contribution in [-0.4, -0.2) is 62.8 Å². The highest BCUT2D eigenvalue weighted by Gasteiger charge is 2.23. The van der Waals surface area contributed by atoms with E-state index < -0.39 is 0 Å². The minimum absolute atomic E-state index is 0.611. The molecule has 30 heavy (non-hydrogen) atoms. The smallest absolute Gasteiger partial charge is 0.254 e. The molecule has 0 amide bonds. The summed E-state index contributed by atoms with van der Waals surface area (Å²) in [6.45, 7) is 4.66. The quantitative estimate of drug-likeness (QED) is 0.509. The highest BCUT2D eigenvalue weighted by atomic mass is 16.5. The van der Waals surface area contributed by atoms with Crippen LogP contribution in [0, 0.1) is 0 Å².